The second-order valence-electron chi connectivity index (χ2n) is 7.04. The summed E-state index contributed by atoms with van der Waals surface area (Å²) in [4.78, 5) is 32.1. The van der Waals surface area contributed by atoms with E-state index in [2.05, 4.69) is 32.8 Å². The molecule has 3 rings (SSSR count). The Kier molecular flexibility index (Phi) is 7.92. The molecule has 164 valence electrons. The highest BCUT2D eigenvalue weighted by atomic mass is 79.9. The van der Waals surface area contributed by atoms with Crippen LogP contribution in [-0.4, -0.2) is 23.9 Å². The monoisotopic (exact) mass is 493 g/mol. The fourth-order valence-electron chi connectivity index (χ4n) is 3.26. The van der Waals surface area contributed by atoms with E-state index in [-0.39, 0.29) is 12.0 Å². The summed E-state index contributed by atoms with van der Waals surface area (Å²) in [6, 6.07) is 17.2. The first kappa shape index (κ1) is 23.4. The zero-order valence-corrected chi connectivity index (χ0v) is 19.5. The van der Waals surface area contributed by atoms with Crippen LogP contribution in [0.3, 0.4) is 0 Å². The lowest BCUT2D eigenvalue weighted by molar-refractivity contribution is -0.121. The Bertz CT molecular complexity index is 1090. The van der Waals surface area contributed by atoms with Crippen LogP contribution >= 0.6 is 15.9 Å². The number of nitrogens with one attached hydrogen (secondary N) is 1. The lowest BCUT2D eigenvalue weighted by Crippen LogP contribution is -2.41. The molecule has 2 unspecified atom stereocenters. The number of aromatic nitrogens is 1. The molecule has 1 aromatic heterocycles. The minimum absolute atomic E-state index is 0.0968. The molecule has 32 heavy (non-hydrogen) atoms. The number of amides is 2. The molecule has 2 amide bonds. The standard InChI is InChI=1S/C25H24BrN3O3/c1-4-23(30)29(20-13-11-18(12-14-20)17(2)32-3)24(19-8-7-15-27-16-19)25(31)28-22-10-6-5-9-21(22)26/h4-17,24H,1H2,2-3H3,(H,28,31). The zero-order chi connectivity index (χ0) is 23.1. The smallest absolute Gasteiger partial charge is 0.252 e. The summed E-state index contributed by atoms with van der Waals surface area (Å²) in [5.41, 5.74) is 2.68. The fourth-order valence-corrected chi connectivity index (χ4v) is 3.65. The number of hydrogen-bond acceptors (Lipinski definition) is 4. The summed E-state index contributed by atoms with van der Waals surface area (Å²) in [6.07, 6.45) is 4.29. The van der Waals surface area contributed by atoms with Crippen LogP contribution in [0.4, 0.5) is 11.4 Å². The van der Waals surface area contributed by atoms with Crippen LogP contribution in [0, 0.1) is 0 Å². The number of carbonyl (C=O) groups is 2. The normalized spacial score (nSPS) is 12.5. The lowest BCUT2D eigenvalue weighted by Gasteiger charge is -2.30. The number of carbonyl (C=O) groups excluding carboxylic acids is 2. The minimum Gasteiger partial charge on any atom is -0.377 e. The van der Waals surface area contributed by atoms with E-state index in [1.54, 1.807) is 49.8 Å². The Balaban J connectivity index is 2.06. The minimum atomic E-state index is -0.966. The van der Waals surface area contributed by atoms with Gasteiger partial charge in [-0.1, -0.05) is 36.9 Å². The van der Waals surface area contributed by atoms with Crippen LogP contribution in [0.15, 0.2) is 90.2 Å². The molecule has 3 aromatic rings. The molecular weight excluding hydrogens is 470 g/mol. The molecule has 0 fully saturated rings. The summed E-state index contributed by atoms with van der Waals surface area (Å²) < 4.78 is 6.10. The number of para-hydroxylation sites is 1. The van der Waals surface area contributed by atoms with Gasteiger partial charge in [-0.3, -0.25) is 19.5 Å². The van der Waals surface area contributed by atoms with Crippen molar-refractivity contribution in [2.24, 2.45) is 0 Å². The summed E-state index contributed by atoms with van der Waals surface area (Å²) in [6.45, 7) is 5.57. The van der Waals surface area contributed by atoms with E-state index in [1.165, 1.54) is 11.0 Å². The van der Waals surface area contributed by atoms with Gasteiger partial charge in [-0.2, -0.15) is 0 Å². The largest absolute Gasteiger partial charge is 0.377 e. The Morgan fingerprint density at radius 3 is 2.41 bits per heavy atom. The summed E-state index contributed by atoms with van der Waals surface area (Å²) in [7, 11) is 1.64. The van der Waals surface area contributed by atoms with Crippen LogP contribution in [-0.2, 0) is 14.3 Å². The Morgan fingerprint density at radius 2 is 1.81 bits per heavy atom. The van der Waals surface area contributed by atoms with Gasteiger partial charge in [0.2, 0.25) is 0 Å². The van der Waals surface area contributed by atoms with Crippen LogP contribution in [0.25, 0.3) is 0 Å². The van der Waals surface area contributed by atoms with Crippen LogP contribution in [0.2, 0.25) is 0 Å². The van der Waals surface area contributed by atoms with E-state index in [9.17, 15) is 9.59 Å². The van der Waals surface area contributed by atoms with Crippen molar-refractivity contribution < 1.29 is 14.3 Å². The van der Waals surface area contributed by atoms with Gasteiger partial charge in [0.1, 0.15) is 6.04 Å². The van der Waals surface area contributed by atoms with Gasteiger partial charge in [-0.15, -0.1) is 0 Å². The number of pyridine rings is 1. The van der Waals surface area contributed by atoms with Gasteiger partial charge in [0.25, 0.3) is 11.8 Å². The molecular formula is C25H24BrN3O3. The first-order valence-corrected chi connectivity index (χ1v) is 10.8. The van der Waals surface area contributed by atoms with Crippen molar-refractivity contribution in [2.45, 2.75) is 19.1 Å². The molecule has 0 radical (unpaired) electrons. The number of anilines is 2. The number of hydrogen-bond donors (Lipinski definition) is 1. The molecule has 0 saturated carbocycles. The van der Waals surface area contributed by atoms with Crippen molar-refractivity contribution in [3.05, 3.63) is 101 Å². The zero-order valence-electron chi connectivity index (χ0n) is 17.9. The van der Waals surface area contributed by atoms with Gasteiger partial charge in [-0.25, -0.2) is 0 Å². The summed E-state index contributed by atoms with van der Waals surface area (Å²) in [5, 5.41) is 2.91. The van der Waals surface area contributed by atoms with Gasteiger partial charge >= 0.3 is 0 Å². The molecule has 0 aliphatic heterocycles. The van der Waals surface area contributed by atoms with Crippen molar-refractivity contribution in [3.63, 3.8) is 0 Å². The molecule has 6 nitrogen and oxygen atoms in total. The second kappa shape index (κ2) is 10.8. The molecule has 0 saturated heterocycles. The molecule has 0 bridgehead atoms. The third-order valence-electron chi connectivity index (χ3n) is 5.04. The number of ether oxygens (including phenoxy) is 1. The molecule has 0 spiro atoms. The van der Waals surface area contributed by atoms with Crippen molar-refractivity contribution in [2.75, 3.05) is 17.3 Å². The highest BCUT2D eigenvalue weighted by molar-refractivity contribution is 9.10. The maximum Gasteiger partial charge on any atom is 0.252 e. The van der Waals surface area contributed by atoms with E-state index in [0.717, 1.165) is 10.0 Å². The SMILES string of the molecule is C=CC(=O)N(c1ccc(C(C)OC)cc1)C(C(=O)Nc1ccccc1Br)c1cccnc1. The lowest BCUT2D eigenvalue weighted by atomic mass is 10.0. The fraction of sp³-hybridized carbons (Fsp3) is 0.160. The van der Waals surface area contributed by atoms with Crippen molar-refractivity contribution in [1.29, 1.82) is 0 Å². The van der Waals surface area contributed by atoms with E-state index in [0.29, 0.717) is 16.9 Å². The predicted octanol–water partition coefficient (Wildman–Crippen LogP) is 5.45. The van der Waals surface area contributed by atoms with Gasteiger partial charge < -0.3 is 10.1 Å². The van der Waals surface area contributed by atoms with Crippen molar-refractivity contribution >= 4 is 39.1 Å². The molecule has 1 N–H and O–H groups in total. The Hall–Kier alpha value is -3.29. The molecule has 7 heteroatoms. The van der Waals surface area contributed by atoms with Crippen molar-refractivity contribution in [3.8, 4) is 0 Å². The van der Waals surface area contributed by atoms with Gasteiger partial charge in [-0.05, 0) is 64.8 Å². The summed E-state index contributed by atoms with van der Waals surface area (Å²) >= 11 is 3.45. The summed E-state index contributed by atoms with van der Waals surface area (Å²) in [5.74, 6) is -0.789. The second-order valence-corrected chi connectivity index (χ2v) is 7.89. The quantitative estimate of drug-likeness (QED) is 0.423. The third-order valence-corrected chi connectivity index (χ3v) is 5.74. The predicted molar refractivity (Wildman–Crippen MR) is 129 cm³/mol. The van der Waals surface area contributed by atoms with Crippen LogP contribution in [0.5, 0.6) is 0 Å². The number of halogens is 1. The molecule has 1 heterocycles. The average Bonchev–Trinajstić information content (AvgIpc) is 2.83. The number of rotatable bonds is 8. The number of methoxy groups -OCH3 is 1. The van der Waals surface area contributed by atoms with E-state index in [4.69, 9.17) is 4.74 Å². The van der Waals surface area contributed by atoms with Gasteiger partial charge in [0.15, 0.2) is 0 Å². The maximum atomic E-state index is 13.5. The number of nitrogens with zero attached hydrogens (tertiary/aromatic N) is 2. The first-order valence-electron chi connectivity index (χ1n) is 10.00. The molecule has 2 atom stereocenters. The van der Waals surface area contributed by atoms with Crippen LogP contribution < -0.4 is 10.2 Å². The highest BCUT2D eigenvalue weighted by Crippen LogP contribution is 2.31. The molecule has 0 aliphatic carbocycles. The Labute approximate surface area is 196 Å². The van der Waals surface area contributed by atoms with E-state index < -0.39 is 11.9 Å². The topological polar surface area (TPSA) is 71.5 Å². The highest BCUT2D eigenvalue weighted by Gasteiger charge is 2.32. The van der Waals surface area contributed by atoms with Crippen LogP contribution in [0.1, 0.15) is 30.2 Å². The molecule has 2 aromatic carbocycles. The van der Waals surface area contributed by atoms with Gasteiger partial charge in [0.05, 0.1) is 11.8 Å². The third kappa shape index (κ3) is 5.30. The Morgan fingerprint density at radius 1 is 1.09 bits per heavy atom. The van der Waals surface area contributed by atoms with Gasteiger partial charge in [0, 0.05) is 35.2 Å². The van der Waals surface area contributed by atoms with E-state index >= 15 is 0 Å². The van der Waals surface area contributed by atoms with Crippen molar-refractivity contribution in [1.82, 2.24) is 4.98 Å². The number of benzene rings is 2. The first-order chi connectivity index (χ1) is 15.5. The van der Waals surface area contributed by atoms with E-state index in [1.807, 2.05) is 37.3 Å². The average molecular weight is 494 g/mol. The molecule has 0 aliphatic rings. The maximum absolute atomic E-state index is 13.5.